The third kappa shape index (κ3) is 9.08. The van der Waals surface area contributed by atoms with Crippen molar-refractivity contribution in [2.75, 3.05) is 54.0 Å². The first-order chi connectivity index (χ1) is 19.2. The summed E-state index contributed by atoms with van der Waals surface area (Å²) in [6.45, 7) is 12.2. The minimum Gasteiger partial charge on any atom is -0.461 e. The van der Waals surface area contributed by atoms with Crippen LogP contribution in [0.2, 0.25) is 0 Å². The van der Waals surface area contributed by atoms with Crippen molar-refractivity contribution in [1.82, 2.24) is 15.1 Å². The van der Waals surface area contributed by atoms with Crippen LogP contribution in [0.15, 0.2) is 0 Å². The molecule has 3 rings (SSSR count). The number of rotatable bonds is 5. The van der Waals surface area contributed by atoms with Gasteiger partial charge in [-0.1, -0.05) is 20.8 Å². The maximum Gasteiger partial charge on any atom is 0.309 e. The van der Waals surface area contributed by atoms with E-state index in [4.69, 9.17) is 18.9 Å². The molecular formula is C30H55N3O8. The van der Waals surface area contributed by atoms with Crippen LogP contribution in [0.4, 0.5) is 0 Å². The van der Waals surface area contributed by atoms with Crippen molar-refractivity contribution in [2.45, 2.75) is 103 Å². The normalized spacial score (nSPS) is 41.1. The molecule has 0 aromatic rings. The molecule has 3 aliphatic rings. The maximum atomic E-state index is 13.4. The highest BCUT2D eigenvalue weighted by Gasteiger charge is 2.49. The van der Waals surface area contributed by atoms with Crippen LogP contribution in [0.5, 0.6) is 0 Å². The number of hydrogen-bond acceptors (Lipinski definition) is 10. The van der Waals surface area contributed by atoms with Crippen LogP contribution in [0.25, 0.3) is 0 Å². The predicted octanol–water partition coefficient (Wildman–Crippen LogP) is 1.25. The number of aliphatic hydroxyl groups excluding tert-OH is 1. The Labute approximate surface area is 246 Å². The van der Waals surface area contributed by atoms with Gasteiger partial charge in [-0.3, -0.25) is 9.59 Å². The smallest absolute Gasteiger partial charge is 0.309 e. The predicted molar refractivity (Wildman–Crippen MR) is 154 cm³/mol. The molecule has 0 unspecified atom stereocenters. The number of amides is 1. The zero-order chi connectivity index (χ0) is 30.5. The van der Waals surface area contributed by atoms with Crippen LogP contribution in [0.1, 0.15) is 60.3 Å². The SMILES string of the molecule is C[C@H]1CN(C)CCNC(=O)[C@H](C)[C@@H](OC(=O)C2CCOCC2)[C@H](C)[C@@H](O[C@@H]2O[C@H](C)C[C@H](N(C)C)[C@H]2O)[C@](C)(O)C1. The summed E-state index contributed by atoms with van der Waals surface area (Å²) >= 11 is 0. The molecule has 238 valence electrons. The fourth-order valence-corrected chi connectivity index (χ4v) is 6.83. The van der Waals surface area contributed by atoms with Crippen molar-refractivity contribution in [3.8, 4) is 0 Å². The van der Waals surface area contributed by atoms with Crippen molar-refractivity contribution in [2.24, 2.45) is 23.7 Å². The van der Waals surface area contributed by atoms with Crippen LogP contribution in [0.3, 0.4) is 0 Å². The van der Waals surface area contributed by atoms with Crippen LogP contribution < -0.4 is 5.32 Å². The summed E-state index contributed by atoms with van der Waals surface area (Å²) in [4.78, 5) is 30.8. The fourth-order valence-electron chi connectivity index (χ4n) is 6.83. The van der Waals surface area contributed by atoms with E-state index < -0.39 is 42.0 Å². The summed E-state index contributed by atoms with van der Waals surface area (Å²) in [5.41, 5.74) is -1.38. The number of nitrogens with zero attached hydrogens (tertiary/aromatic N) is 2. The first kappa shape index (κ1) is 34.2. The van der Waals surface area contributed by atoms with Gasteiger partial charge in [-0.25, -0.2) is 0 Å². The number of carbonyl (C=O) groups is 2. The van der Waals surface area contributed by atoms with Gasteiger partial charge in [0.05, 0.1) is 29.6 Å². The van der Waals surface area contributed by atoms with Crippen molar-refractivity contribution >= 4 is 11.9 Å². The molecule has 3 fully saturated rings. The highest BCUT2D eigenvalue weighted by molar-refractivity contribution is 5.80. The summed E-state index contributed by atoms with van der Waals surface area (Å²) < 4.78 is 24.3. The summed E-state index contributed by atoms with van der Waals surface area (Å²) in [6.07, 6.45) is -1.76. The lowest BCUT2D eigenvalue weighted by atomic mass is 9.77. The minimum atomic E-state index is -1.38. The van der Waals surface area contributed by atoms with Gasteiger partial charge < -0.3 is 44.3 Å². The molecule has 11 nitrogen and oxygen atoms in total. The average molecular weight is 586 g/mol. The molecule has 10 atom stereocenters. The van der Waals surface area contributed by atoms with Gasteiger partial charge in [0, 0.05) is 44.8 Å². The zero-order valence-electron chi connectivity index (χ0n) is 26.4. The third-order valence-electron chi connectivity index (χ3n) is 9.06. The second-order valence-corrected chi connectivity index (χ2v) is 13.3. The van der Waals surface area contributed by atoms with E-state index in [0.717, 1.165) is 0 Å². The van der Waals surface area contributed by atoms with E-state index in [1.54, 1.807) is 13.8 Å². The standard InChI is InChI=1S/C30H55N3O8/c1-18-16-30(5,37)26(41-29-24(34)23(32(6)7)15-19(2)39-29)20(3)25(40-28(36)22-9-13-38-14-10-22)21(4)27(35)31-11-12-33(8)17-18/h18-26,29,34,37H,9-17H2,1-8H3,(H,31,35)/t18-,19-,20+,21-,23+,24-,25+,26-,29+,30-/m1/s1. The van der Waals surface area contributed by atoms with Crippen molar-refractivity contribution in [3.05, 3.63) is 0 Å². The van der Waals surface area contributed by atoms with Gasteiger partial charge in [-0.05, 0) is 66.6 Å². The first-order valence-corrected chi connectivity index (χ1v) is 15.3. The molecule has 0 radical (unpaired) electrons. The molecule has 11 heteroatoms. The van der Waals surface area contributed by atoms with Gasteiger partial charge in [0.25, 0.3) is 0 Å². The number of ether oxygens (including phenoxy) is 4. The van der Waals surface area contributed by atoms with Gasteiger partial charge in [0.15, 0.2) is 6.29 Å². The molecule has 41 heavy (non-hydrogen) atoms. The number of esters is 1. The van der Waals surface area contributed by atoms with E-state index in [1.807, 2.05) is 39.9 Å². The van der Waals surface area contributed by atoms with Gasteiger partial charge in [-0.15, -0.1) is 0 Å². The van der Waals surface area contributed by atoms with Gasteiger partial charge in [-0.2, -0.15) is 0 Å². The number of likely N-dealkylation sites (N-methyl/N-ethyl adjacent to an activating group) is 2. The Morgan fingerprint density at radius 3 is 2.46 bits per heavy atom. The van der Waals surface area contributed by atoms with E-state index in [0.29, 0.717) is 58.5 Å². The average Bonchev–Trinajstić information content (AvgIpc) is 2.90. The lowest BCUT2D eigenvalue weighted by Gasteiger charge is -2.47. The largest absolute Gasteiger partial charge is 0.461 e. The Balaban J connectivity index is 1.99. The monoisotopic (exact) mass is 585 g/mol. The molecule has 0 aromatic heterocycles. The molecule has 0 saturated carbocycles. The van der Waals surface area contributed by atoms with Crippen molar-refractivity contribution < 1.29 is 38.7 Å². The van der Waals surface area contributed by atoms with E-state index in [2.05, 4.69) is 17.1 Å². The second-order valence-electron chi connectivity index (χ2n) is 13.3. The summed E-state index contributed by atoms with van der Waals surface area (Å²) in [5.74, 6) is -2.12. The van der Waals surface area contributed by atoms with E-state index in [9.17, 15) is 19.8 Å². The molecule has 0 spiro atoms. The van der Waals surface area contributed by atoms with Gasteiger partial charge in [0.2, 0.25) is 5.91 Å². The first-order valence-electron chi connectivity index (χ1n) is 15.3. The Morgan fingerprint density at radius 1 is 1.17 bits per heavy atom. The quantitative estimate of drug-likeness (QED) is 0.405. The lowest BCUT2D eigenvalue weighted by Crippen LogP contribution is -2.59. The van der Waals surface area contributed by atoms with Crippen LogP contribution >= 0.6 is 0 Å². The molecule has 0 bridgehead atoms. The van der Waals surface area contributed by atoms with Crippen molar-refractivity contribution in [3.63, 3.8) is 0 Å². The van der Waals surface area contributed by atoms with E-state index >= 15 is 0 Å². The molecule has 0 aliphatic carbocycles. The Hall–Kier alpha value is -1.34. The van der Waals surface area contributed by atoms with E-state index in [-0.39, 0.29) is 35.9 Å². The summed E-state index contributed by atoms with van der Waals surface area (Å²) in [6, 6.07) is -0.196. The van der Waals surface area contributed by atoms with Crippen LogP contribution in [0, 0.1) is 23.7 Å². The second kappa shape index (κ2) is 14.9. The Kier molecular flexibility index (Phi) is 12.4. The zero-order valence-corrected chi connectivity index (χ0v) is 26.4. The fraction of sp³-hybridized carbons (Fsp3) is 0.933. The summed E-state index contributed by atoms with van der Waals surface area (Å²) in [5, 5.41) is 26.4. The molecule has 0 aromatic carbocycles. The molecule has 3 heterocycles. The molecule has 3 aliphatic heterocycles. The Bertz CT molecular complexity index is 852. The van der Waals surface area contributed by atoms with Crippen LogP contribution in [-0.2, 0) is 28.5 Å². The Morgan fingerprint density at radius 2 is 1.83 bits per heavy atom. The number of aliphatic hydroxyl groups is 2. The van der Waals surface area contributed by atoms with Crippen LogP contribution in [-0.4, -0.2) is 128 Å². The minimum absolute atomic E-state index is 0.0936. The van der Waals surface area contributed by atoms with Gasteiger partial charge >= 0.3 is 5.97 Å². The summed E-state index contributed by atoms with van der Waals surface area (Å²) in [7, 11) is 5.81. The highest BCUT2D eigenvalue weighted by Crippen LogP contribution is 2.36. The molecule has 1 amide bonds. The maximum absolute atomic E-state index is 13.4. The molecule has 3 N–H and O–H groups in total. The lowest BCUT2D eigenvalue weighted by molar-refractivity contribution is -0.299. The van der Waals surface area contributed by atoms with E-state index in [1.165, 1.54) is 0 Å². The van der Waals surface area contributed by atoms with Crippen molar-refractivity contribution in [1.29, 1.82) is 0 Å². The third-order valence-corrected chi connectivity index (χ3v) is 9.06. The number of carbonyl (C=O) groups excluding carboxylic acids is 2. The number of hydrogen-bond donors (Lipinski definition) is 3. The molecular weight excluding hydrogens is 530 g/mol. The molecule has 3 saturated heterocycles. The van der Waals surface area contributed by atoms with Gasteiger partial charge in [0.1, 0.15) is 12.2 Å². The number of nitrogens with one attached hydrogen (secondary N) is 1. The highest BCUT2D eigenvalue weighted by atomic mass is 16.7. The topological polar surface area (TPSA) is 130 Å².